The molecule has 1 N–H and O–H groups in total. The number of anilines is 2. The maximum atomic E-state index is 12.8. The number of para-hydroxylation sites is 2. The number of nitrogens with zero attached hydrogens (tertiary/aromatic N) is 2. The first-order valence-electron chi connectivity index (χ1n) is 7.88. The van der Waals surface area contributed by atoms with Crippen molar-refractivity contribution in [3.63, 3.8) is 0 Å². The van der Waals surface area contributed by atoms with E-state index in [0.29, 0.717) is 5.69 Å². The van der Waals surface area contributed by atoms with Crippen LogP contribution in [0.4, 0.5) is 11.4 Å². The van der Waals surface area contributed by atoms with E-state index in [-0.39, 0.29) is 25.0 Å². The van der Waals surface area contributed by atoms with Gasteiger partial charge in [-0.1, -0.05) is 36.4 Å². The van der Waals surface area contributed by atoms with E-state index in [4.69, 9.17) is 5.11 Å². The van der Waals surface area contributed by atoms with Crippen LogP contribution in [-0.4, -0.2) is 36.1 Å². The molecule has 0 atom stereocenters. The summed E-state index contributed by atoms with van der Waals surface area (Å²) in [7, 11) is 0. The van der Waals surface area contributed by atoms with Gasteiger partial charge in [0.15, 0.2) is 0 Å². The number of carboxylic acids is 1. The molecule has 2 rings (SSSR count). The molecule has 126 valence electrons. The van der Waals surface area contributed by atoms with E-state index < -0.39 is 5.97 Å². The lowest BCUT2D eigenvalue weighted by Gasteiger charge is -2.30. The Balaban J connectivity index is 2.23. The minimum Gasteiger partial charge on any atom is -0.480 e. The second-order valence-corrected chi connectivity index (χ2v) is 5.78. The van der Waals surface area contributed by atoms with Crippen molar-refractivity contribution >= 4 is 23.3 Å². The number of amides is 1. The van der Waals surface area contributed by atoms with Gasteiger partial charge in [-0.05, 0) is 38.1 Å². The zero-order valence-corrected chi connectivity index (χ0v) is 13.9. The predicted molar refractivity (Wildman–Crippen MR) is 95.4 cm³/mol. The smallest absolute Gasteiger partial charge is 0.323 e. The van der Waals surface area contributed by atoms with Crippen LogP contribution in [0, 0.1) is 0 Å². The van der Waals surface area contributed by atoms with Crippen molar-refractivity contribution in [2.45, 2.75) is 19.9 Å². The molecule has 2 aromatic rings. The third-order valence-corrected chi connectivity index (χ3v) is 3.59. The molecule has 0 saturated carbocycles. The molecule has 0 spiro atoms. The monoisotopic (exact) mass is 326 g/mol. The van der Waals surface area contributed by atoms with Crippen molar-refractivity contribution in [2.24, 2.45) is 0 Å². The number of aliphatic carboxylic acids is 1. The van der Waals surface area contributed by atoms with Crippen LogP contribution in [-0.2, 0) is 9.59 Å². The Kier molecular flexibility index (Phi) is 5.95. The average Bonchev–Trinajstić information content (AvgIpc) is 2.55. The molecule has 24 heavy (non-hydrogen) atoms. The number of carbonyl (C=O) groups is 2. The van der Waals surface area contributed by atoms with Crippen molar-refractivity contribution in [2.75, 3.05) is 22.9 Å². The van der Waals surface area contributed by atoms with Crippen LogP contribution in [0.1, 0.15) is 13.8 Å². The maximum Gasteiger partial charge on any atom is 0.323 e. The molecular formula is C19H22N2O3. The molecule has 0 aliphatic heterocycles. The molecule has 0 aliphatic rings. The second kappa shape index (κ2) is 8.15. The Morgan fingerprint density at radius 3 is 1.83 bits per heavy atom. The van der Waals surface area contributed by atoms with E-state index in [9.17, 15) is 9.59 Å². The van der Waals surface area contributed by atoms with Crippen LogP contribution >= 0.6 is 0 Å². The van der Waals surface area contributed by atoms with E-state index >= 15 is 0 Å². The van der Waals surface area contributed by atoms with Crippen LogP contribution in [0.15, 0.2) is 60.7 Å². The molecule has 0 saturated heterocycles. The van der Waals surface area contributed by atoms with Gasteiger partial charge in [0, 0.05) is 17.4 Å². The molecule has 5 heteroatoms. The van der Waals surface area contributed by atoms with Crippen molar-refractivity contribution in [1.82, 2.24) is 0 Å². The van der Waals surface area contributed by atoms with Crippen LogP contribution in [0.5, 0.6) is 0 Å². The van der Waals surface area contributed by atoms with Gasteiger partial charge in [-0.2, -0.15) is 0 Å². The highest BCUT2D eigenvalue weighted by Crippen LogP contribution is 2.19. The zero-order valence-electron chi connectivity index (χ0n) is 13.9. The van der Waals surface area contributed by atoms with E-state index in [1.807, 2.05) is 62.4 Å². The number of rotatable bonds is 7. The largest absolute Gasteiger partial charge is 0.480 e. The fourth-order valence-corrected chi connectivity index (χ4v) is 2.60. The van der Waals surface area contributed by atoms with Gasteiger partial charge >= 0.3 is 5.97 Å². The van der Waals surface area contributed by atoms with Crippen molar-refractivity contribution < 1.29 is 14.7 Å². The van der Waals surface area contributed by atoms with Crippen LogP contribution in [0.25, 0.3) is 0 Å². The average molecular weight is 326 g/mol. The molecule has 0 fully saturated rings. The molecule has 0 unspecified atom stereocenters. The molecule has 2 aromatic carbocycles. The SMILES string of the molecule is CC(C)N(C(=O)CN(CC(=O)O)c1ccccc1)c1ccccc1. The highest BCUT2D eigenvalue weighted by molar-refractivity contribution is 5.97. The lowest BCUT2D eigenvalue weighted by Crippen LogP contribution is -2.45. The van der Waals surface area contributed by atoms with Gasteiger partial charge in [-0.15, -0.1) is 0 Å². The van der Waals surface area contributed by atoms with Gasteiger partial charge in [0.1, 0.15) is 6.54 Å². The standard InChI is InChI=1S/C19H22N2O3/c1-15(2)21(17-11-7-4-8-12-17)18(22)13-20(14-19(23)24)16-9-5-3-6-10-16/h3-12,15H,13-14H2,1-2H3,(H,23,24). The summed E-state index contributed by atoms with van der Waals surface area (Å²) in [6.07, 6.45) is 0. The maximum absolute atomic E-state index is 12.8. The molecule has 1 amide bonds. The van der Waals surface area contributed by atoms with Gasteiger partial charge in [0.05, 0.1) is 6.54 Å². The highest BCUT2D eigenvalue weighted by atomic mass is 16.4. The molecule has 0 radical (unpaired) electrons. The topological polar surface area (TPSA) is 60.9 Å². The summed E-state index contributed by atoms with van der Waals surface area (Å²) in [4.78, 5) is 27.3. The first-order valence-corrected chi connectivity index (χ1v) is 7.88. The van der Waals surface area contributed by atoms with Crippen molar-refractivity contribution in [1.29, 1.82) is 0 Å². The third kappa shape index (κ3) is 4.59. The molecule has 0 heterocycles. The van der Waals surface area contributed by atoms with E-state index in [0.717, 1.165) is 5.69 Å². The Morgan fingerprint density at radius 1 is 0.875 bits per heavy atom. The summed E-state index contributed by atoms with van der Waals surface area (Å²) in [5, 5.41) is 9.16. The number of benzene rings is 2. The van der Waals surface area contributed by atoms with Gasteiger partial charge in [-0.3, -0.25) is 9.59 Å². The van der Waals surface area contributed by atoms with E-state index in [1.54, 1.807) is 21.9 Å². The molecule has 0 aliphatic carbocycles. The first kappa shape index (κ1) is 17.5. The van der Waals surface area contributed by atoms with Crippen molar-refractivity contribution in [3.05, 3.63) is 60.7 Å². The molecular weight excluding hydrogens is 304 g/mol. The number of carbonyl (C=O) groups excluding carboxylic acids is 1. The number of hydrogen-bond acceptors (Lipinski definition) is 3. The highest BCUT2D eigenvalue weighted by Gasteiger charge is 2.22. The molecule has 0 bridgehead atoms. The zero-order chi connectivity index (χ0) is 17.5. The minimum atomic E-state index is -0.970. The number of hydrogen-bond donors (Lipinski definition) is 1. The van der Waals surface area contributed by atoms with Gasteiger partial charge in [0.25, 0.3) is 0 Å². The second-order valence-electron chi connectivity index (χ2n) is 5.78. The van der Waals surface area contributed by atoms with Crippen LogP contribution < -0.4 is 9.80 Å². The third-order valence-electron chi connectivity index (χ3n) is 3.59. The lowest BCUT2D eigenvalue weighted by molar-refractivity contribution is -0.135. The fraction of sp³-hybridized carbons (Fsp3) is 0.263. The Morgan fingerprint density at radius 2 is 1.38 bits per heavy atom. The fourth-order valence-electron chi connectivity index (χ4n) is 2.60. The summed E-state index contributed by atoms with van der Waals surface area (Å²) in [5.74, 6) is -1.11. The van der Waals surface area contributed by atoms with Crippen LogP contribution in [0.3, 0.4) is 0 Å². The van der Waals surface area contributed by atoms with Gasteiger partial charge in [0.2, 0.25) is 5.91 Å². The first-order chi connectivity index (χ1) is 11.5. The minimum absolute atomic E-state index is 0.00336. The number of carboxylic acid groups (broad SMARTS) is 1. The summed E-state index contributed by atoms with van der Waals surface area (Å²) < 4.78 is 0. The Labute approximate surface area is 142 Å². The van der Waals surface area contributed by atoms with Gasteiger partial charge in [-0.25, -0.2) is 0 Å². The lowest BCUT2D eigenvalue weighted by atomic mass is 10.2. The van der Waals surface area contributed by atoms with Gasteiger partial charge < -0.3 is 14.9 Å². The van der Waals surface area contributed by atoms with E-state index in [2.05, 4.69) is 0 Å². The summed E-state index contributed by atoms with van der Waals surface area (Å²) in [5.41, 5.74) is 1.52. The van der Waals surface area contributed by atoms with E-state index in [1.165, 1.54) is 0 Å². The molecule has 5 nitrogen and oxygen atoms in total. The normalized spacial score (nSPS) is 10.5. The summed E-state index contributed by atoms with van der Waals surface area (Å²) in [6.45, 7) is 3.66. The van der Waals surface area contributed by atoms with Crippen LogP contribution in [0.2, 0.25) is 0 Å². The quantitative estimate of drug-likeness (QED) is 0.849. The Bertz CT molecular complexity index is 672. The summed E-state index contributed by atoms with van der Waals surface area (Å²) in [6, 6.07) is 18.5. The summed E-state index contributed by atoms with van der Waals surface area (Å²) >= 11 is 0. The predicted octanol–water partition coefficient (Wildman–Crippen LogP) is 3.02. The Hall–Kier alpha value is -2.82. The molecule has 0 aromatic heterocycles. The van der Waals surface area contributed by atoms with Crippen molar-refractivity contribution in [3.8, 4) is 0 Å².